The SMILES string of the molecule is COc1ccc(C(=O)c2cc(C)ccc2Br)cc1C. The average Bonchev–Trinajstić information content (AvgIpc) is 2.40. The number of ether oxygens (including phenoxy) is 1. The van der Waals surface area contributed by atoms with Gasteiger partial charge in [-0.1, -0.05) is 27.6 Å². The lowest BCUT2D eigenvalue weighted by Gasteiger charge is -2.08. The first-order valence-electron chi connectivity index (χ1n) is 5.98. The van der Waals surface area contributed by atoms with Crippen molar-refractivity contribution in [3.05, 3.63) is 63.1 Å². The minimum atomic E-state index is 0.0151. The van der Waals surface area contributed by atoms with E-state index in [9.17, 15) is 4.79 Å². The summed E-state index contributed by atoms with van der Waals surface area (Å²) in [5.74, 6) is 0.807. The van der Waals surface area contributed by atoms with Crippen LogP contribution in [0.2, 0.25) is 0 Å². The van der Waals surface area contributed by atoms with Crippen LogP contribution in [0.15, 0.2) is 40.9 Å². The van der Waals surface area contributed by atoms with Crippen molar-refractivity contribution in [3.63, 3.8) is 0 Å². The summed E-state index contributed by atoms with van der Waals surface area (Å²) < 4.78 is 6.02. The predicted octanol–water partition coefficient (Wildman–Crippen LogP) is 4.31. The molecule has 2 aromatic rings. The molecule has 0 atom stereocenters. The molecular formula is C16H15BrO2. The number of carbonyl (C=O) groups is 1. The summed E-state index contributed by atoms with van der Waals surface area (Å²) in [7, 11) is 1.63. The van der Waals surface area contributed by atoms with Crippen LogP contribution in [0.1, 0.15) is 27.0 Å². The van der Waals surface area contributed by atoms with E-state index in [0.717, 1.165) is 21.3 Å². The number of rotatable bonds is 3. The summed E-state index contributed by atoms with van der Waals surface area (Å²) in [6.45, 7) is 3.91. The molecular weight excluding hydrogens is 304 g/mol. The first-order valence-corrected chi connectivity index (χ1v) is 6.77. The number of carbonyl (C=O) groups excluding carboxylic acids is 1. The van der Waals surface area contributed by atoms with Crippen LogP contribution in [0.5, 0.6) is 5.75 Å². The zero-order valence-corrected chi connectivity index (χ0v) is 12.7. The molecule has 0 fully saturated rings. The van der Waals surface area contributed by atoms with Crippen molar-refractivity contribution in [2.24, 2.45) is 0 Å². The standard InChI is InChI=1S/C16H15BrO2/c1-10-4-6-14(17)13(8-10)16(18)12-5-7-15(19-3)11(2)9-12/h4-9H,1-3H3. The molecule has 0 saturated heterocycles. The first kappa shape index (κ1) is 13.8. The maximum atomic E-state index is 12.5. The summed E-state index contributed by atoms with van der Waals surface area (Å²) in [4.78, 5) is 12.5. The van der Waals surface area contributed by atoms with Crippen molar-refractivity contribution in [3.8, 4) is 5.75 Å². The van der Waals surface area contributed by atoms with E-state index in [2.05, 4.69) is 15.9 Å². The average molecular weight is 319 g/mol. The highest BCUT2D eigenvalue weighted by atomic mass is 79.9. The van der Waals surface area contributed by atoms with Gasteiger partial charge in [0, 0.05) is 15.6 Å². The molecule has 0 heterocycles. The Balaban J connectivity index is 2.44. The van der Waals surface area contributed by atoms with E-state index in [1.165, 1.54) is 0 Å². The van der Waals surface area contributed by atoms with Gasteiger partial charge in [-0.15, -0.1) is 0 Å². The van der Waals surface area contributed by atoms with Gasteiger partial charge in [0.05, 0.1) is 7.11 Å². The lowest BCUT2D eigenvalue weighted by atomic mass is 10.00. The highest BCUT2D eigenvalue weighted by Crippen LogP contribution is 2.24. The molecule has 0 amide bonds. The van der Waals surface area contributed by atoms with Gasteiger partial charge in [-0.25, -0.2) is 0 Å². The second kappa shape index (κ2) is 5.57. The van der Waals surface area contributed by atoms with Crippen LogP contribution in [0.4, 0.5) is 0 Å². The Bertz CT molecular complexity index is 633. The molecule has 0 aromatic heterocycles. The predicted molar refractivity (Wildman–Crippen MR) is 80.0 cm³/mol. The molecule has 2 nitrogen and oxygen atoms in total. The van der Waals surface area contributed by atoms with Crippen molar-refractivity contribution in [1.82, 2.24) is 0 Å². The highest BCUT2D eigenvalue weighted by Gasteiger charge is 2.14. The maximum Gasteiger partial charge on any atom is 0.194 e. The van der Waals surface area contributed by atoms with Gasteiger partial charge in [0.25, 0.3) is 0 Å². The van der Waals surface area contributed by atoms with Crippen molar-refractivity contribution in [1.29, 1.82) is 0 Å². The summed E-state index contributed by atoms with van der Waals surface area (Å²) in [6.07, 6.45) is 0. The minimum Gasteiger partial charge on any atom is -0.496 e. The molecule has 98 valence electrons. The molecule has 3 heteroatoms. The number of benzene rings is 2. The lowest BCUT2D eigenvalue weighted by molar-refractivity contribution is 0.103. The third-order valence-electron chi connectivity index (χ3n) is 3.02. The number of hydrogen-bond acceptors (Lipinski definition) is 2. The number of methoxy groups -OCH3 is 1. The van der Waals surface area contributed by atoms with Crippen molar-refractivity contribution < 1.29 is 9.53 Å². The van der Waals surface area contributed by atoms with Gasteiger partial charge in [-0.05, 0) is 49.7 Å². The molecule has 2 aromatic carbocycles. The van der Waals surface area contributed by atoms with E-state index in [1.54, 1.807) is 13.2 Å². The second-order valence-electron chi connectivity index (χ2n) is 4.50. The molecule has 0 aliphatic rings. The molecule has 2 rings (SSSR count). The van der Waals surface area contributed by atoms with Gasteiger partial charge in [0.1, 0.15) is 5.75 Å². The minimum absolute atomic E-state index is 0.0151. The first-order chi connectivity index (χ1) is 9.02. The molecule has 0 radical (unpaired) electrons. The van der Waals surface area contributed by atoms with Gasteiger partial charge >= 0.3 is 0 Å². The van der Waals surface area contributed by atoms with Gasteiger partial charge in [0.15, 0.2) is 5.78 Å². The van der Waals surface area contributed by atoms with E-state index in [-0.39, 0.29) is 5.78 Å². The Morgan fingerprint density at radius 1 is 1.11 bits per heavy atom. The summed E-state index contributed by atoms with van der Waals surface area (Å²) >= 11 is 3.43. The summed E-state index contributed by atoms with van der Waals surface area (Å²) in [5.41, 5.74) is 3.38. The monoisotopic (exact) mass is 318 g/mol. The van der Waals surface area contributed by atoms with E-state index in [1.807, 2.05) is 44.2 Å². The quantitative estimate of drug-likeness (QED) is 0.788. The van der Waals surface area contributed by atoms with Crippen molar-refractivity contribution in [2.45, 2.75) is 13.8 Å². The van der Waals surface area contributed by atoms with E-state index in [4.69, 9.17) is 4.74 Å². The van der Waals surface area contributed by atoms with Gasteiger partial charge in [-0.3, -0.25) is 4.79 Å². The molecule has 0 N–H and O–H groups in total. The molecule has 0 aliphatic carbocycles. The Morgan fingerprint density at radius 2 is 1.84 bits per heavy atom. The van der Waals surface area contributed by atoms with Crippen LogP contribution >= 0.6 is 15.9 Å². The largest absolute Gasteiger partial charge is 0.496 e. The van der Waals surface area contributed by atoms with Gasteiger partial charge in [-0.2, -0.15) is 0 Å². The number of hydrogen-bond donors (Lipinski definition) is 0. The fourth-order valence-electron chi connectivity index (χ4n) is 1.99. The Kier molecular flexibility index (Phi) is 4.05. The highest BCUT2D eigenvalue weighted by molar-refractivity contribution is 9.10. The topological polar surface area (TPSA) is 26.3 Å². The Labute approximate surface area is 121 Å². The summed E-state index contributed by atoms with van der Waals surface area (Å²) in [5, 5.41) is 0. The fraction of sp³-hybridized carbons (Fsp3) is 0.188. The normalized spacial score (nSPS) is 10.3. The molecule has 0 aliphatic heterocycles. The zero-order chi connectivity index (χ0) is 14.0. The third kappa shape index (κ3) is 2.87. The Morgan fingerprint density at radius 3 is 2.47 bits per heavy atom. The van der Waals surface area contributed by atoms with E-state index in [0.29, 0.717) is 11.1 Å². The third-order valence-corrected chi connectivity index (χ3v) is 3.72. The fourth-order valence-corrected chi connectivity index (χ4v) is 2.41. The molecule has 0 bridgehead atoms. The smallest absolute Gasteiger partial charge is 0.194 e. The van der Waals surface area contributed by atoms with Gasteiger partial charge < -0.3 is 4.74 Å². The number of halogens is 1. The zero-order valence-electron chi connectivity index (χ0n) is 11.2. The Hall–Kier alpha value is -1.61. The van der Waals surface area contributed by atoms with Crippen LogP contribution in [0, 0.1) is 13.8 Å². The summed E-state index contributed by atoms with van der Waals surface area (Å²) in [6, 6.07) is 11.2. The van der Waals surface area contributed by atoms with Crippen LogP contribution in [-0.4, -0.2) is 12.9 Å². The van der Waals surface area contributed by atoms with Crippen LogP contribution in [0.3, 0.4) is 0 Å². The van der Waals surface area contributed by atoms with Crippen molar-refractivity contribution >= 4 is 21.7 Å². The maximum absolute atomic E-state index is 12.5. The molecule has 19 heavy (non-hydrogen) atoms. The number of ketones is 1. The number of aryl methyl sites for hydroxylation is 2. The molecule has 0 saturated carbocycles. The lowest BCUT2D eigenvalue weighted by Crippen LogP contribution is -2.03. The van der Waals surface area contributed by atoms with Crippen LogP contribution in [-0.2, 0) is 0 Å². The molecule has 0 unspecified atom stereocenters. The van der Waals surface area contributed by atoms with E-state index < -0.39 is 0 Å². The van der Waals surface area contributed by atoms with Gasteiger partial charge in [0.2, 0.25) is 0 Å². The van der Waals surface area contributed by atoms with Crippen molar-refractivity contribution in [2.75, 3.05) is 7.11 Å². The molecule has 0 spiro atoms. The van der Waals surface area contributed by atoms with Crippen LogP contribution < -0.4 is 4.74 Å². The van der Waals surface area contributed by atoms with E-state index >= 15 is 0 Å². The van der Waals surface area contributed by atoms with Crippen LogP contribution in [0.25, 0.3) is 0 Å². The second-order valence-corrected chi connectivity index (χ2v) is 5.35.